The van der Waals surface area contributed by atoms with Gasteiger partial charge in [-0.2, -0.15) is 0 Å². The maximum atomic E-state index is 12.7. The van der Waals surface area contributed by atoms with Crippen LogP contribution in [0.25, 0.3) is 0 Å². The van der Waals surface area contributed by atoms with Gasteiger partial charge in [0.15, 0.2) is 0 Å². The van der Waals surface area contributed by atoms with Crippen molar-refractivity contribution in [2.45, 2.75) is 32.5 Å². The summed E-state index contributed by atoms with van der Waals surface area (Å²) in [5, 5.41) is 0. The fraction of sp³-hybridized carbons (Fsp3) is 0.269. The van der Waals surface area contributed by atoms with E-state index in [9.17, 15) is 4.79 Å². The molecular weight excluding hydrogens is 374 g/mol. The van der Waals surface area contributed by atoms with E-state index in [0.29, 0.717) is 19.8 Å². The fourth-order valence-electron chi connectivity index (χ4n) is 3.96. The van der Waals surface area contributed by atoms with Crippen molar-refractivity contribution in [3.05, 3.63) is 101 Å². The first-order valence-electron chi connectivity index (χ1n) is 10.5. The van der Waals surface area contributed by atoms with Crippen molar-refractivity contribution in [2.24, 2.45) is 0 Å². The predicted octanol–water partition coefficient (Wildman–Crippen LogP) is 4.93. The topological polar surface area (TPSA) is 38.8 Å². The number of rotatable bonds is 7. The Morgan fingerprint density at radius 3 is 2.37 bits per heavy atom. The first-order chi connectivity index (χ1) is 14.7. The van der Waals surface area contributed by atoms with Crippen molar-refractivity contribution in [3.63, 3.8) is 0 Å². The second-order valence-electron chi connectivity index (χ2n) is 7.59. The number of nitrogens with zero attached hydrogens (tertiary/aromatic N) is 1. The second kappa shape index (κ2) is 9.59. The molecule has 1 aliphatic rings. The molecule has 154 valence electrons. The van der Waals surface area contributed by atoms with E-state index in [1.165, 1.54) is 5.56 Å². The zero-order chi connectivity index (χ0) is 20.8. The summed E-state index contributed by atoms with van der Waals surface area (Å²) in [4.78, 5) is 15.0. The summed E-state index contributed by atoms with van der Waals surface area (Å²) in [6.07, 6.45) is 0. The van der Waals surface area contributed by atoms with Crippen LogP contribution < -0.4 is 4.74 Å². The molecule has 4 nitrogen and oxygen atoms in total. The van der Waals surface area contributed by atoms with Crippen molar-refractivity contribution >= 4 is 5.97 Å². The number of benzene rings is 3. The van der Waals surface area contributed by atoms with E-state index >= 15 is 0 Å². The van der Waals surface area contributed by atoms with Crippen LogP contribution >= 0.6 is 0 Å². The molecule has 0 amide bonds. The third kappa shape index (κ3) is 4.89. The van der Waals surface area contributed by atoms with Crippen LogP contribution in [-0.2, 0) is 29.2 Å². The Morgan fingerprint density at radius 2 is 1.67 bits per heavy atom. The molecule has 0 spiro atoms. The second-order valence-corrected chi connectivity index (χ2v) is 7.59. The molecule has 30 heavy (non-hydrogen) atoms. The van der Waals surface area contributed by atoms with Crippen LogP contribution in [0, 0.1) is 0 Å². The van der Waals surface area contributed by atoms with Crippen molar-refractivity contribution in [3.8, 4) is 5.75 Å². The van der Waals surface area contributed by atoms with E-state index in [1.54, 1.807) is 0 Å². The van der Waals surface area contributed by atoms with Gasteiger partial charge in [0.05, 0.1) is 12.5 Å². The fourth-order valence-corrected chi connectivity index (χ4v) is 3.96. The van der Waals surface area contributed by atoms with Crippen molar-refractivity contribution in [1.29, 1.82) is 0 Å². The smallest absolute Gasteiger partial charge is 0.314 e. The highest BCUT2D eigenvalue weighted by Gasteiger charge is 2.31. The van der Waals surface area contributed by atoms with E-state index in [1.807, 2.05) is 55.5 Å². The summed E-state index contributed by atoms with van der Waals surface area (Å²) >= 11 is 0. The lowest BCUT2D eigenvalue weighted by Crippen LogP contribution is -2.37. The Bertz CT molecular complexity index is 972. The maximum absolute atomic E-state index is 12.7. The lowest BCUT2D eigenvalue weighted by Gasteiger charge is -2.33. The van der Waals surface area contributed by atoms with Gasteiger partial charge in [0, 0.05) is 19.6 Å². The molecular formula is C26H27NO3. The van der Waals surface area contributed by atoms with Gasteiger partial charge in [-0.15, -0.1) is 0 Å². The molecule has 4 heteroatoms. The minimum atomic E-state index is -0.277. The monoisotopic (exact) mass is 401 g/mol. The maximum Gasteiger partial charge on any atom is 0.314 e. The first-order valence-corrected chi connectivity index (χ1v) is 10.5. The zero-order valence-corrected chi connectivity index (χ0v) is 17.3. The van der Waals surface area contributed by atoms with Crippen LogP contribution in [0.5, 0.6) is 5.75 Å². The van der Waals surface area contributed by atoms with Gasteiger partial charge in [0.25, 0.3) is 0 Å². The predicted molar refractivity (Wildman–Crippen MR) is 117 cm³/mol. The minimum absolute atomic E-state index is 0.158. The number of ether oxygens (including phenoxy) is 2. The Labute approximate surface area is 178 Å². The van der Waals surface area contributed by atoms with Crippen LogP contribution in [0.4, 0.5) is 0 Å². The van der Waals surface area contributed by atoms with E-state index in [2.05, 4.69) is 35.2 Å². The standard InChI is InChI=1S/C26H27NO3/c1-2-29-26(28)25-18-27(16-20-9-5-3-6-10-20)17-22-15-23(13-14-24(22)25)30-19-21-11-7-4-8-12-21/h3-15,25H,2,16-19H2,1H3. The van der Waals surface area contributed by atoms with Crippen molar-refractivity contribution in [1.82, 2.24) is 4.90 Å². The molecule has 0 fully saturated rings. The van der Waals surface area contributed by atoms with Gasteiger partial charge in [-0.3, -0.25) is 9.69 Å². The highest BCUT2D eigenvalue weighted by atomic mass is 16.5. The van der Waals surface area contributed by atoms with Gasteiger partial charge in [-0.25, -0.2) is 0 Å². The summed E-state index contributed by atoms with van der Waals surface area (Å²) in [5.41, 5.74) is 4.54. The Morgan fingerprint density at radius 1 is 0.967 bits per heavy atom. The SMILES string of the molecule is CCOC(=O)C1CN(Cc2ccccc2)Cc2cc(OCc3ccccc3)ccc21. The Balaban J connectivity index is 1.55. The average Bonchev–Trinajstić information content (AvgIpc) is 2.78. The number of hydrogen-bond acceptors (Lipinski definition) is 4. The summed E-state index contributed by atoms with van der Waals surface area (Å²) in [6, 6.07) is 26.5. The number of hydrogen-bond donors (Lipinski definition) is 0. The molecule has 0 saturated heterocycles. The number of carbonyl (C=O) groups excluding carboxylic acids is 1. The normalized spacial score (nSPS) is 16.0. The molecule has 0 radical (unpaired) electrons. The van der Waals surface area contributed by atoms with Gasteiger partial charge < -0.3 is 9.47 Å². The Kier molecular flexibility index (Phi) is 6.45. The summed E-state index contributed by atoms with van der Waals surface area (Å²) in [5.74, 6) is 0.386. The summed E-state index contributed by atoms with van der Waals surface area (Å²) in [7, 11) is 0. The third-order valence-corrected chi connectivity index (χ3v) is 5.39. The molecule has 0 saturated carbocycles. The largest absolute Gasteiger partial charge is 0.489 e. The van der Waals surface area contributed by atoms with E-state index < -0.39 is 0 Å². The molecule has 1 atom stereocenters. The summed E-state index contributed by atoms with van der Waals surface area (Å²) < 4.78 is 11.4. The van der Waals surface area contributed by atoms with Gasteiger partial charge in [0.2, 0.25) is 0 Å². The van der Waals surface area contributed by atoms with Crippen LogP contribution in [0.2, 0.25) is 0 Å². The van der Waals surface area contributed by atoms with E-state index in [0.717, 1.165) is 35.5 Å². The van der Waals surface area contributed by atoms with Gasteiger partial charge in [0.1, 0.15) is 12.4 Å². The van der Waals surface area contributed by atoms with Gasteiger partial charge in [-0.1, -0.05) is 66.7 Å². The average molecular weight is 402 g/mol. The zero-order valence-electron chi connectivity index (χ0n) is 17.3. The number of esters is 1. The van der Waals surface area contributed by atoms with Crippen LogP contribution in [-0.4, -0.2) is 24.0 Å². The molecule has 4 rings (SSSR count). The lowest BCUT2D eigenvalue weighted by molar-refractivity contribution is -0.145. The molecule has 1 heterocycles. The molecule has 0 aliphatic carbocycles. The van der Waals surface area contributed by atoms with E-state index in [-0.39, 0.29) is 11.9 Å². The highest BCUT2D eigenvalue weighted by molar-refractivity contribution is 5.79. The molecule has 3 aromatic carbocycles. The minimum Gasteiger partial charge on any atom is -0.489 e. The molecule has 1 unspecified atom stereocenters. The number of carbonyl (C=O) groups is 1. The molecule has 0 N–H and O–H groups in total. The quantitative estimate of drug-likeness (QED) is 0.526. The molecule has 0 aromatic heterocycles. The first kappa shape index (κ1) is 20.2. The highest BCUT2D eigenvalue weighted by Crippen LogP contribution is 2.33. The van der Waals surface area contributed by atoms with Gasteiger partial charge in [-0.05, 0) is 41.3 Å². The molecule has 0 bridgehead atoms. The van der Waals surface area contributed by atoms with Crippen molar-refractivity contribution < 1.29 is 14.3 Å². The van der Waals surface area contributed by atoms with Crippen LogP contribution in [0.3, 0.4) is 0 Å². The number of fused-ring (bicyclic) bond motifs is 1. The van der Waals surface area contributed by atoms with Crippen LogP contribution in [0.15, 0.2) is 78.9 Å². The van der Waals surface area contributed by atoms with E-state index in [4.69, 9.17) is 9.47 Å². The lowest BCUT2D eigenvalue weighted by atomic mass is 9.89. The third-order valence-electron chi connectivity index (χ3n) is 5.39. The summed E-state index contributed by atoms with van der Waals surface area (Å²) in [6.45, 7) is 5.00. The molecule has 3 aromatic rings. The van der Waals surface area contributed by atoms with Crippen molar-refractivity contribution in [2.75, 3.05) is 13.2 Å². The molecule has 1 aliphatic heterocycles. The van der Waals surface area contributed by atoms with Gasteiger partial charge >= 0.3 is 5.97 Å². The van der Waals surface area contributed by atoms with Crippen LogP contribution in [0.1, 0.15) is 35.1 Å². The Hall–Kier alpha value is -3.11.